The van der Waals surface area contributed by atoms with E-state index in [1.165, 1.54) is 0 Å². The zero-order valence-electron chi connectivity index (χ0n) is 11.1. The van der Waals surface area contributed by atoms with Crippen LogP contribution in [-0.4, -0.2) is 28.6 Å². The van der Waals surface area contributed by atoms with Gasteiger partial charge >= 0.3 is 0 Å². The Hall–Kier alpha value is -1.85. The van der Waals surface area contributed by atoms with E-state index in [-0.39, 0.29) is 12.1 Å². The standard InChI is InChI=1S/C15H16F2N2O/c1-19(9-11-3-2-6-18-8-11)10-15(20)13-7-12(16)4-5-14(13)17/h2-8,15,20H,9-10H2,1H3. The first kappa shape index (κ1) is 14.6. The van der Waals surface area contributed by atoms with E-state index in [1.807, 2.05) is 17.0 Å². The van der Waals surface area contributed by atoms with Gasteiger partial charge in [0.05, 0.1) is 6.10 Å². The van der Waals surface area contributed by atoms with E-state index in [0.717, 1.165) is 23.8 Å². The lowest BCUT2D eigenvalue weighted by Crippen LogP contribution is -2.24. The van der Waals surface area contributed by atoms with Crippen molar-refractivity contribution in [1.29, 1.82) is 0 Å². The first-order valence-corrected chi connectivity index (χ1v) is 6.26. The summed E-state index contributed by atoms with van der Waals surface area (Å²) in [5, 5.41) is 10.0. The minimum Gasteiger partial charge on any atom is -0.387 e. The van der Waals surface area contributed by atoms with Gasteiger partial charge in [-0.05, 0) is 36.9 Å². The van der Waals surface area contributed by atoms with Crippen LogP contribution in [0.3, 0.4) is 0 Å². The Balaban J connectivity index is 2.00. The van der Waals surface area contributed by atoms with Crippen LogP contribution in [0.5, 0.6) is 0 Å². The summed E-state index contributed by atoms with van der Waals surface area (Å²) in [6, 6.07) is 6.82. The minimum atomic E-state index is -1.08. The highest BCUT2D eigenvalue weighted by Crippen LogP contribution is 2.19. The molecule has 20 heavy (non-hydrogen) atoms. The molecule has 0 aliphatic heterocycles. The third-order valence-corrected chi connectivity index (χ3v) is 2.98. The fraction of sp³-hybridized carbons (Fsp3) is 0.267. The van der Waals surface area contributed by atoms with Crippen LogP contribution >= 0.6 is 0 Å². The zero-order chi connectivity index (χ0) is 14.5. The first-order chi connectivity index (χ1) is 9.56. The number of hydrogen-bond donors (Lipinski definition) is 1. The van der Waals surface area contributed by atoms with E-state index in [1.54, 1.807) is 19.4 Å². The van der Waals surface area contributed by atoms with Gasteiger partial charge in [-0.1, -0.05) is 6.07 Å². The fourth-order valence-corrected chi connectivity index (χ4v) is 2.03. The number of nitrogens with zero attached hydrogens (tertiary/aromatic N) is 2. The van der Waals surface area contributed by atoms with E-state index in [4.69, 9.17) is 0 Å². The van der Waals surface area contributed by atoms with E-state index < -0.39 is 17.7 Å². The maximum Gasteiger partial charge on any atom is 0.129 e. The topological polar surface area (TPSA) is 36.4 Å². The number of hydrogen-bond acceptors (Lipinski definition) is 3. The lowest BCUT2D eigenvalue weighted by atomic mass is 10.1. The average Bonchev–Trinajstić information content (AvgIpc) is 2.42. The van der Waals surface area contributed by atoms with Gasteiger partial charge in [0, 0.05) is 31.0 Å². The van der Waals surface area contributed by atoms with Gasteiger partial charge in [-0.2, -0.15) is 0 Å². The predicted octanol–water partition coefficient (Wildman–Crippen LogP) is 2.53. The molecule has 2 aromatic rings. The van der Waals surface area contributed by atoms with Crippen molar-refractivity contribution >= 4 is 0 Å². The summed E-state index contributed by atoms with van der Waals surface area (Å²) in [6.07, 6.45) is 2.33. The van der Waals surface area contributed by atoms with Crippen molar-refractivity contribution in [2.45, 2.75) is 12.6 Å². The molecule has 0 radical (unpaired) electrons. The summed E-state index contributed by atoms with van der Waals surface area (Å²) < 4.78 is 26.6. The second-order valence-corrected chi connectivity index (χ2v) is 4.74. The minimum absolute atomic E-state index is 0.0250. The number of benzene rings is 1. The highest BCUT2D eigenvalue weighted by molar-refractivity contribution is 5.21. The lowest BCUT2D eigenvalue weighted by molar-refractivity contribution is 0.120. The van der Waals surface area contributed by atoms with Crippen LogP contribution in [0.1, 0.15) is 17.2 Å². The molecule has 0 aliphatic carbocycles. The van der Waals surface area contributed by atoms with Crippen LogP contribution in [0.25, 0.3) is 0 Å². The highest BCUT2D eigenvalue weighted by atomic mass is 19.1. The molecule has 0 bridgehead atoms. The van der Waals surface area contributed by atoms with Crippen molar-refractivity contribution < 1.29 is 13.9 Å². The fourth-order valence-electron chi connectivity index (χ4n) is 2.03. The molecule has 0 spiro atoms. The van der Waals surface area contributed by atoms with Gasteiger partial charge in [-0.3, -0.25) is 9.88 Å². The second kappa shape index (κ2) is 6.54. The molecule has 3 nitrogen and oxygen atoms in total. The predicted molar refractivity (Wildman–Crippen MR) is 71.9 cm³/mol. The van der Waals surface area contributed by atoms with Crippen molar-refractivity contribution in [2.24, 2.45) is 0 Å². The van der Waals surface area contributed by atoms with Crippen LogP contribution in [0.2, 0.25) is 0 Å². The van der Waals surface area contributed by atoms with Gasteiger partial charge in [-0.15, -0.1) is 0 Å². The van der Waals surface area contributed by atoms with Gasteiger partial charge in [-0.25, -0.2) is 8.78 Å². The van der Waals surface area contributed by atoms with Crippen LogP contribution in [-0.2, 0) is 6.54 Å². The van der Waals surface area contributed by atoms with E-state index in [0.29, 0.717) is 6.54 Å². The van der Waals surface area contributed by atoms with Gasteiger partial charge in [0.1, 0.15) is 11.6 Å². The maximum absolute atomic E-state index is 13.5. The number of aliphatic hydroxyl groups excluding tert-OH is 1. The average molecular weight is 278 g/mol. The van der Waals surface area contributed by atoms with Crippen molar-refractivity contribution in [3.05, 3.63) is 65.5 Å². The summed E-state index contributed by atoms with van der Waals surface area (Å²) in [6.45, 7) is 0.775. The van der Waals surface area contributed by atoms with Crippen LogP contribution in [0.15, 0.2) is 42.7 Å². The molecule has 1 N–H and O–H groups in total. The summed E-state index contributed by atoms with van der Waals surface area (Å²) in [5.74, 6) is -1.16. The Morgan fingerprint density at radius 3 is 2.80 bits per heavy atom. The van der Waals surface area contributed by atoms with Gasteiger partial charge in [0.25, 0.3) is 0 Å². The molecule has 0 saturated heterocycles. The number of pyridine rings is 1. The molecule has 0 aliphatic rings. The van der Waals surface area contributed by atoms with Gasteiger partial charge < -0.3 is 5.11 Å². The van der Waals surface area contributed by atoms with E-state index in [9.17, 15) is 13.9 Å². The van der Waals surface area contributed by atoms with Crippen LogP contribution < -0.4 is 0 Å². The highest BCUT2D eigenvalue weighted by Gasteiger charge is 2.16. The molecule has 0 amide bonds. The first-order valence-electron chi connectivity index (χ1n) is 6.26. The molecular formula is C15H16F2N2O. The Bertz CT molecular complexity index is 563. The quantitative estimate of drug-likeness (QED) is 0.913. The molecule has 0 fully saturated rings. The number of aromatic nitrogens is 1. The van der Waals surface area contributed by atoms with Gasteiger partial charge in [0.2, 0.25) is 0 Å². The van der Waals surface area contributed by atoms with E-state index in [2.05, 4.69) is 4.98 Å². The Morgan fingerprint density at radius 2 is 2.10 bits per heavy atom. The van der Waals surface area contributed by atoms with Gasteiger partial charge in [0.15, 0.2) is 0 Å². The molecule has 1 aromatic heterocycles. The summed E-state index contributed by atoms with van der Waals surface area (Å²) in [4.78, 5) is 5.83. The molecule has 1 unspecified atom stereocenters. The smallest absolute Gasteiger partial charge is 0.129 e. The van der Waals surface area contributed by atoms with Crippen molar-refractivity contribution in [3.8, 4) is 0 Å². The second-order valence-electron chi connectivity index (χ2n) is 4.74. The maximum atomic E-state index is 13.5. The summed E-state index contributed by atoms with van der Waals surface area (Å²) in [5.41, 5.74) is 0.963. The molecule has 2 rings (SSSR count). The number of halogens is 2. The zero-order valence-corrected chi connectivity index (χ0v) is 11.1. The van der Waals surface area contributed by atoms with Crippen molar-refractivity contribution in [1.82, 2.24) is 9.88 Å². The van der Waals surface area contributed by atoms with Crippen molar-refractivity contribution in [3.63, 3.8) is 0 Å². The van der Waals surface area contributed by atoms with Crippen LogP contribution in [0.4, 0.5) is 8.78 Å². The largest absolute Gasteiger partial charge is 0.387 e. The SMILES string of the molecule is CN(Cc1cccnc1)CC(O)c1cc(F)ccc1F. The monoisotopic (exact) mass is 278 g/mol. The van der Waals surface area contributed by atoms with E-state index >= 15 is 0 Å². The lowest BCUT2D eigenvalue weighted by Gasteiger charge is -2.21. The summed E-state index contributed by atoms with van der Waals surface area (Å²) >= 11 is 0. The normalized spacial score (nSPS) is 12.7. The molecule has 1 aromatic carbocycles. The third kappa shape index (κ3) is 3.82. The molecule has 5 heteroatoms. The molecule has 1 atom stereocenters. The molecule has 106 valence electrons. The molecule has 1 heterocycles. The third-order valence-electron chi connectivity index (χ3n) is 2.98. The van der Waals surface area contributed by atoms with Crippen LogP contribution in [0, 0.1) is 11.6 Å². The summed E-state index contributed by atoms with van der Waals surface area (Å²) in [7, 11) is 1.80. The number of rotatable bonds is 5. The molecular weight excluding hydrogens is 262 g/mol. The Labute approximate surface area is 116 Å². The Morgan fingerprint density at radius 1 is 1.30 bits per heavy atom. The molecule has 0 saturated carbocycles. The number of aliphatic hydroxyl groups is 1. The Kier molecular flexibility index (Phi) is 4.76. The number of likely N-dealkylation sites (N-methyl/N-ethyl adjacent to an activating group) is 1. The van der Waals surface area contributed by atoms with Crippen molar-refractivity contribution in [2.75, 3.05) is 13.6 Å².